The van der Waals surface area contributed by atoms with E-state index in [9.17, 15) is 0 Å². The lowest BCUT2D eigenvalue weighted by molar-refractivity contribution is 0.849. The molecule has 2 rings (SSSR count). The zero-order chi connectivity index (χ0) is 12.4. The summed E-state index contributed by atoms with van der Waals surface area (Å²) in [7, 11) is 1.93. The molecule has 0 fully saturated rings. The lowest BCUT2D eigenvalue weighted by Crippen LogP contribution is -2.02. The second-order valence-electron chi connectivity index (χ2n) is 3.79. The van der Waals surface area contributed by atoms with Gasteiger partial charge in [0.05, 0.1) is 4.47 Å². The van der Waals surface area contributed by atoms with Crippen LogP contribution >= 0.6 is 28.1 Å². The van der Waals surface area contributed by atoms with E-state index in [2.05, 4.69) is 37.8 Å². The van der Waals surface area contributed by atoms with Gasteiger partial charge in [-0.05, 0) is 22.4 Å². The molecule has 90 valence electrons. The molecule has 0 spiro atoms. The standard InChI is InChI=1S/C11H13BrN4S/c1-3-4-7-8(12)11(17)15-9(14-7)10-13-5-6-16(10)2/h5-6H,3-4H2,1-2H3,(H,14,15,17). The second-order valence-corrected chi connectivity index (χ2v) is 4.97. The van der Waals surface area contributed by atoms with Crippen molar-refractivity contribution in [2.24, 2.45) is 7.05 Å². The molecule has 6 heteroatoms. The first kappa shape index (κ1) is 12.4. The molecule has 0 radical (unpaired) electrons. The van der Waals surface area contributed by atoms with Crippen molar-refractivity contribution in [2.45, 2.75) is 19.8 Å². The monoisotopic (exact) mass is 312 g/mol. The zero-order valence-corrected chi connectivity index (χ0v) is 12.1. The van der Waals surface area contributed by atoms with Gasteiger partial charge < -0.3 is 9.55 Å². The molecule has 0 saturated heterocycles. The topological polar surface area (TPSA) is 46.5 Å². The summed E-state index contributed by atoms with van der Waals surface area (Å²) < 4.78 is 3.37. The summed E-state index contributed by atoms with van der Waals surface area (Å²) in [5, 5.41) is 0. The van der Waals surface area contributed by atoms with Crippen LogP contribution in [0.1, 0.15) is 19.0 Å². The molecular weight excluding hydrogens is 300 g/mol. The molecule has 0 aliphatic rings. The Bertz CT molecular complexity index is 587. The fourth-order valence-corrected chi connectivity index (χ4v) is 2.23. The van der Waals surface area contributed by atoms with Gasteiger partial charge >= 0.3 is 0 Å². The molecule has 0 saturated carbocycles. The average molecular weight is 313 g/mol. The lowest BCUT2D eigenvalue weighted by atomic mass is 10.2. The third-order valence-corrected chi connectivity index (χ3v) is 3.88. The quantitative estimate of drug-likeness (QED) is 0.885. The van der Waals surface area contributed by atoms with Crippen LogP contribution in [0.15, 0.2) is 16.9 Å². The van der Waals surface area contributed by atoms with Crippen molar-refractivity contribution in [3.8, 4) is 11.6 Å². The maximum Gasteiger partial charge on any atom is 0.175 e. The fraction of sp³-hybridized carbons (Fsp3) is 0.364. The van der Waals surface area contributed by atoms with E-state index in [1.807, 2.05) is 17.8 Å². The number of halogens is 1. The third kappa shape index (κ3) is 2.47. The van der Waals surface area contributed by atoms with Gasteiger partial charge in [0.2, 0.25) is 0 Å². The molecule has 0 atom stereocenters. The predicted octanol–water partition coefficient (Wildman–Crippen LogP) is 3.25. The van der Waals surface area contributed by atoms with Crippen molar-refractivity contribution in [2.75, 3.05) is 0 Å². The van der Waals surface area contributed by atoms with Crippen LogP contribution < -0.4 is 0 Å². The van der Waals surface area contributed by atoms with E-state index in [-0.39, 0.29) is 0 Å². The SMILES string of the molecule is CCCc1[nH]c(-c2nccn2C)nc(=S)c1Br. The van der Waals surface area contributed by atoms with E-state index in [4.69, 9.17) is 12.2 Å². The first-order chi connectivity index (χ1) is 8.13. The highest BCUT2D eigenvalue weighted by atomic mass is 79.9. The van der Waals surface area contributed by atoms with Gasteiger partial charge in [0.1, 0.15) is 4.64 Å². The summed E-state index contributed by atoms with van der Waals surface area (Å²) >= 11 is 8.72. The summed E-state index contributed by atoms with van der Waals surface area (Å²) in [5.41, 5.74) is 1.07. The number of imidazole rings is 1. The number of aryl methyl sites for hydroxylation is 2. The van der Waals surface area contributed by atoms with Crippen LogP contribution in [0.4, 0.5) is 0 Å². The van der Waals surface area contributed by atoms with Gasteiger partial charge in [-0.3, -0.25) is 0 Å². The van der Waals surface area contributed by atoms with E-state index in [0.717, 1.165) is 28.8 Å². The number of nitrogens with zero attached hydrogens (tertiary/aromatic N) is 3. The fourth-order valence-electron chi connectivity index (χ4n) is 1.63. The maximum atomic E-state index is 5.24. The van der Waals surface area contributed by atoms with E-state index in [1.54, 1.807) is 6.20 Å². The van der Waals surface area contributed by atoms with Crippen molar-refractivity contribution in [1.29, 1.82) is 0 Å². The molecule has 0 aliphatic carbocycles. The number of hydrogen-bond acceptors (Lipinski definition) is 3. The van der Waals surface area contributed by atoms with Crippen LogP contribution in [0.2, 0.25) is 0 Å². The molecular formula is C11H13BrN4S. The second kappa shape index (κ2) is 5.10. The number of H-pyrrole nitrogens is 1. The Labute approximate surface area is 113 Å². The Morgan fingerprint density at radius 1 is 1.53 bits per heavy atom. The van der Waals surface area contributed by atoms with Gasteiger partial charge in [-0.25, -0.2) is 9.97 Å². The predicted molar refractivity (Wildman–Crippen MR) is 73.3 cm³/mol. The minimum Gasteiger partial charge on any atom is -0.339 e. The molecule has 0 bridgehead atoms. The minimum atomic E-state index is 0.574. The van der Waals surface area contributed by atoms with Crippen LogP contribution in [0.3, 0.4) is 0 Å². The Morgan fingerprint density at radius 2 is 2.29 bits per heavy atom. The van der Waals surface area contributed by atoms with Crippen molar-refractivity contribution in [1.82, 2.24) is 19.5 Å². The number of aromatic amines is 1. The summed E-state index contributed by atoms with van der Waals surface area (Å²) in [6, 6.07) is 0. The Balaban J connectivity index is 2.57. The average Bonchev–Trinajstić information content (AvgIpc) is 2.71. The summed E-state index contributed by atoms with van der Waals surface area (Å²) in [6.45, 7) is 2.13. The van der Waals surface area contributed by atoms with Crippen LogP contribution in [0.5, 0.6) is 0 Å². The van der Waals surface area contributed by atoms with Crippen LogP contribution in [-0.2, 0) is 13.5 Å². The molecule has 2 heterocycles. The van der Waals surface area contributed by atoms with Gasteiger partial charge in [0.15, 0.2) is 11.6 Å². The normalized spacial score (nSPS) is 10.8. The molecule has 17 heavy (non-hydrogen) atoms. The van der Waals surface area contributed by atoms with Gasteiger partial charge in [-0.15, -0.1) is 0 Å². The van der Waals surface area contributed by atoms with E-state index >= 15 is 0 Å². The first-order valence-electron chi connectivity index (χ1n) is 5.40. The molecule has 4 nitrogen and oxygen atoms in total. The van der Waals surface area contributed by atoms with Gasteiger partial charge in [-0.1, -0.05) is 25.6 Å². The molecule has 0 unspecified atom stereocenters. The molecule has 1 N–H and O–H groups in total. The Kier molecular flexibility index (Phi) is 3.73. The number of rotatable bonds is 3. The molecule has 2 aromatic rings. The Morgan fingerprint density at radius 3 is 2.88 bits per heavy atom. The van der Waals surface area contributed by atoms with Crippen LogP contribution in [-0.4, -0.2) is 19.5 Å². The van der Waals surface area contributed by atoms with Crippen LogP contribution in [0.25, 0.3) is 11.6 Å². The third-order valence-electron chi connectivity index (χ3n) is 2.47. The number of aromatic nitrogens is 4. The zero-order valence-electron chi connectivity index (χ0n) is 9.70. The highest BCUT2D eigenvalue weighted by Gasteiger charge is 2.10. The summed E-state index contributed by atoms with van der Waals surface area (Å²) in [4.78, 5) is 11.9. The molecule has 2 aromatic heterocycles. The minimum absolute atomic E-state index is 0.574. The summed E-state index contributed by atoms with van der Waals surface area (Å²) in [6.07, 6.45) is 5.61. The maximum absolute atomic E-state index is 5.24. The highest BCUT2D eigenvalue weighted by Crippen LogP contribution is 2.21. The van der Waals surface area contributed by atoms with Crippen molar-refractivity contribution in [3.05, 3.63) is 27.2 Å². The van der Waals surface area contributed by atoms with E-state index < -0.39 is 0 Å². The van der Waals surface area contributed by atoms with E-state index in [1.165, 1.54) is 0 Å². The smallest absolute Gasteiger partial charge is 0.175 e. The summed E-state index contributed by atoms with van der Waals surface area (Å²) in [5.74, 6) is 1.51. The van der Waals surface area contributed by atoms with Crippen molar-refractivity contribution >= 4 is 28.1 Å². The lowest BCUT2D eigenvalue weighted by Gasteiger charge is -2.07. The number of hydrogen-bond donors (Lipinski definition) is 1. The van der Waals surface area contributed by atoms with Crippen LogP contribution in [0, 0.1) is 4.64 Å². The highest BCUT2D eigenvalue weighted by molar-refractivity contribution is 9.10. The number of nitrogens with one attached hydrogen (secondary N) is 1. The van der Waals surface area contributed by atoms with Gasteiger partial charge in [0.25, 0.3) is 0 Å². The van der Waals surface area contributed by atoms with Crippen molar-refractivity contribution < 1.29 is 0 Å². The largest absolute Gasteiger partial charge is 0.339 e. The van der Waals surface area contributed by atoms with E-state index in [0.29, 0.717) is 10.5 Å². The molecule has 0 amide bonds. The van der Waals surface area contributed by atoms with Crippen molar-refractivity contribution in [3.63, 3.8) is 0 Å². The Hall–Kier alpha value is -1.01. The van der Waals surface area contributed by atoms with Gasteiger partial charge in [-0.2, -0.15) is 0 Å². The molecule has 0 aromatic carbocycles. The first-order valence-corrected chi connectivity index (χ1v) is 6.60. The van der Waals surface area contributed by atoms with Gasteiger partial charge in [0, 0.05) is 25.1 Å². The molecule has 0 aliphatic heterocycles.